The molecule has 36 heavy (non-hydrogen) atoms. The maximum Gasteiger partial charge on any atom is 0.230 e. The molecule has 0 saturated carbocycles. The Kier molecular flexibility index (Phi) is 7.44. The van der Waals surface area contributed by atoms with Gasteiger partial charge in [0.05, 0.1) is 24.5 Å². The Labute approximate surface area is 212 Å². The lowest BCUT2D eigenvalue weighted by atomic mass is 10.1. The van der Waals surface area contributed by atoms with Gasteiger partial charge in [-0.1, -0.05) is 39.0 Å². The van der Waals surface area contributed by atoms with E-state index in [-0.39, 0.29) is 11.9 Å². The van der Waals surface area contributed by atoms with Crippen molar-refractivity contribution in [2.24, 2.45) is 4.99 Å². The number of pyridine rings is 1. The molecule has 1 fully saturated rings. The third kappa shape index (κ3) is 5.34. The lowest BCUT2D eigenvalue weighted by Gasteiger charge is -2.35. The molecular weight excluding hydrogens is 452 g/mol. The van der Waals surface area contributed by atoms with Crippen LogP contribution >= 0.6 is 0 Å². The fraction of sp³-hybridized carbons (Fsp3) is 0.519. The Morgan fingerprint density at radius 1 is 1.06 bits per heavy atom. The van der Waals surface area contributed by atoms with Crippen molar-refractivity contribution in [1.29, 1.82) is 0 Å². The van der Waals surface area contributed by atoms with E-state index in [0.717, 1.165) is 49.3 Å². The van der Waals surface area contributed by atoms with Crippen molar-refractivity contribution in [1.82, 2.24) is 24.4 Å². The number of fused-ring (bicyclic) bond motifs is 3. The number of amides is 1. The summed E-state index contributed by atoms with van der Waals surface area (Å²) in [7, 11) is 0. The molecule has 0 spiro atoms. The van der Waals surface area contributed by atoms with E-state index in [9.17, 15) is 4.79 Å². The lowest BCUT2D eigenvalue weighted by Crippen LogP contribution is -2.48. The van der Waals surface area contributed by atoms with E-state index in [2.05, 4.69) is 55.0 Å². The number of hydrogen-bond donors (Lipinski definition) is 1. The first-order chi connectivity index (χ1) is 17.6. The normalized spacial score (nSPS) is 17.4. The van der Waals surface area contributed by atoms with Crippen LogP contribution < -0.4 is 10.2 Å². The molecule has 3 aromatic rings. The molecule has 1 atom stereocenters. The van der Waals surface area contributed by atoms with Crippen molar-refractivity contribution in [2.75, 3.05) is 36.4 Å². The zero-order valence-electron chi connectivity index (χ0n) is 21.4. The summed E-state index contributed by atoms with van der Waals surface area (Å²) in [6.07, 6.45) is 13.3. The number of carbonyl (C=O) groups excluding carboxylic acids is 1. The second kappa shape index (κ2) is 11.1. The van der Waals surface area contributed by atoms with Gasteiger partial charge in [-0.15, -0.1) is 0 Å². The Bertz CT molecular complexity index is 1210. The van der Waals surface area contributed by atoms with Gasteiger partial charge in [0.2, 0.25) is 11.9 Å². The van der Waals surface area contributed by atoms with Gasteiger partial charge in [-0.05, 0) is 24.6 Å². The van der Waals surface area contributed by atoms with Crippen LogP contribution in [-0.2, 0) is 11.3 Å². The van der Waals surface area contributed by atoms with Crippen LogP contribution in [0.15, 0.2) is 35.6 Å². The second-order valence-corrected chi connectivity index (χ2v) is 9.76. The number of carbonyl (C=O) groups is 1. The highest BCUT2D eigenvalue weighted by Crippen LogP contribution is 2.29. The number of unbranched alkanes of at least 4 members (excludes halogenated alkanes) is 4. The van der Waals surface area contributed by atoms with E-state index >= 15 is 0 Å². The van der Waals surface area contributed by atoms with Gasteiger partial charge < -0.3 is 19.7 Å². The maximum atomic E-state index is 11.6. The highest BCUT2D eigenvalue weighted by atomic mass is 16.2. The molecule has 2 aliphatic rings. The molecule has 190 valence electrons. The van der Waals surface area contributed by atoms with E-state index in [0.29, 0.717) is 18.3 Å². The van der Waals surface area contributed by atoms with Crippen LogP contribution in [-0.4, -0.2) is 62.7 Å². The summed E-state index contributed by atoms with van der Waals surface area (Å²) in [5.74, 6) is 1.39. The molecule has 1 saturated heterocycles. The van der Waals surface area contributed by atoms with Crippen molar-refractivity contribution in [3.8, 4) is 0 Å². The molecule has 5 heterocycles. The Morgan fingerprint density at radius 2 is 1.89 bits per heavy atom. The molecule has 1 N–H and O–H groups in total. The van der Waals surface area contributed by atoms with Crippen molar-refractivity contribution in [2.45, 2.75) is 65.0 Å². The summed E-state index contributed by atoms with van der Waals surface area (Å²) < 4.78 is 2.34. The Balaban J connectivity index is 1.26. The topological polar surface area (TPSA) is 91.5 Å². The molecule has 2 aliphatic heterocycles. The zero-order chi connectivity index (χ0) is 24.9. The minimum absolute atomic E-state index is 0.138. The van der Waals surface area contributed by atoms with Crippen molar-refractivity contribution in [3.63, 3.8) is 0 Å². The number of anilines is 3. The number of aromatic nitrogens is 4. The predicted octanol–water partition coefficient (Wildman–Crippen LogP) is 4.72. The molecule has 1 amide bonds. The number of rotatable bonds is 9. The van der Waals surface area contributed by atoms with Crippen LogP contribution in [0.1, 0.15) is 64.1 Å². The van der Waals surface area contributed by atoms with Crippen molar-refractivity contribution in [3.05, 3.63) is 36.3 Å². The first kappa shape index (κ1) is 24.2. The van der Waals surface area contributed by atoms with Gasteiger partial charge in [0.15, 0.2) is 0 Å². The van der Waals surface area contributed by atoms with Gasteiger partial charge in [-0.3, -0.25) is 9.79 Å². The molecule has 0 bridgehead atoms. The van der Waals surface area contributed by atoms with Gasteiger partial charge in [-0.25, -0.2) is 9.97 Å². The fourth-order valence-electron chi connectivity index (χ4n) is 5.15. The van der Waals surface area contributed by atoms with Gasteiger partial charge in [0.25, 0.3) is 0 Å². The van der Waals surface area contributed by atoms with Gasteiger partial charge in [0.1, 0.15) is 11.5 Å². The average Bonchev–Trinajstić information content (AvgIpc) is 3.28. The summed E-state index contributed by atoms with van der Waals surface area (Å²) in [5.41, 5.74) is 3.21. The summed E-state index contributed by atoms with van der Waals surface area (Å²) in [6, 6.07) is 6.43. The van der Waals surface area contributed by atoms with Crippen molar-refractivity contribution < 1.29 is 4.79 Å². The third-order valence-corrected chi connectivity index (χ3v) is 7.20. The largest absolute Gasteiger partial charge is 0.367 e. The second-order valence-electron chi connectivity index (χ2n) is 9.76. The monoisotopic (exact) mass is 488 g/mol. The SMILES string of the molecule is CCCCCCCC1C=NCc2cc3cnc(Nc4ccc(N5CCN(C(C)=O)CC5)cn4)nc3n21. The van der Waals surface area contributed by atoms with E-state index in [1.165, 1.54) is 37.8 Å². The number of nitrogens with zero attached hydrogens (tertiary/aromatic N) is 7. The van der Waals surface area contributed by atoms with E-state index in [4.69, 9.17) is 4.98 Å². The number of piperazine rings is 1. The standard InChI is InChI=1S/C27H36N8O/c1-3-4-5-6-7-8-23-17-28-18-24-15-21-16-30-27(32-26(21)35(23)24)31-25-10-9-22(19-29-25)34-13-11-33(12-14-34)20(2)36/h9-10,15-17,19,23H,3-8,11-14,18H2,1-2H3,(H,29,30,31,32). The maximum absolute atomic E-state index is 11.6. The average molecular weight is 489 g/mol. The molecule has 0 radical (unpaired) electrons. The Hall–Kier alpha value is -3.49. The first-order valence-electron chi connectivity index (χ1n) is 13.2. The van der Waals surface area contributed by atoms with Crippen LogP contribution in [0.3, 0.4) is 0 Å². The summed E-state index contributed by atoms with van der Waals surface area (Å²) in [4.78, 5) is 34.3. The molecular formula is C27H36N8O. The minimum atomic E-state index is 0.138. The predicted molar refractivity (Wildman–Crippen MR) is 144 cm³/mol. The third-order valence-electron chi connectivity index (χ3n) is 7.20. The van der Waals surface area contributed by atoms with Crippen molar-refractivity contribution >= 4 is 40.6 Å². The van der Waals surface area contributed by atoms with E-state index in [1.807, 2.05) is 23.4 Å². The molecule has 3 aromatic heterocycles. The first-order valence-corrected chi connectivity index (χ1v) is 13.2. The van der Waals surface area contributed by atoms with E-state index in [1.54, 1.807) is 6.92 Å². The smallest absolute Gasteiger partial charge is 0.230 e. The molecule has 9 heteroatoms. The molecule has 1 unspecified atom stereocenters. The molecule has 0 aliphatic carbocycles. The summed E-state index contributed by atoms with van der Waals surface area (Å²) in [6.45, 7) is 7.69. The molecule has 0 aromatic carbocycles. The van der Waals surface area contributed by atoms with Crippen LogP contribution in [0.25, 0.3) is 11.0 Å². The molecule has 9 nitrogen and oxygen atoms in total. The van der Waals surface area contributed by atoms with Gasteiger partial charge >= 0.3 is 0 Å². The van der Waals surface area contributed by atoms with Gasteiger partial charge in [0, 0.05) is 56.6 Å². The number of hydrogen-bond acceptors (Lipinski definition) is 7. The quantitative estimate of drug-likeness (QED) is 0.438. The number of aliphatic imine (C=N–C) groups is 1. The van der Waals surface area contributed by atoms with Gasteiger partial charge in [-0.2, -0.15) is 4.98 Å². The number of nitrogens with one attached hydrogen (secondary N) is 1. The van der Waals surface area contributed by atoms with Crippen LogP contribution in [0.2, 0.25) is 0 Å². The van der Waals surface area contributed by atoms with Crippen LogP contribution in [0, 0.1) is 0 Å². The van der Waals surface area contributed by atoms with Crippen LogP contribution in [0.5, 0.6) is 0 Å². The lowest BCUT2D eigenvalue weighted by molar-refractivity contribution is -0.129. The van der Waals surface area contributed by atoms with Crippen LogP contribution in [0.4, 0.5) is 17.5 Å². The highest BCUT2D eigenvalue weighted by molar-refractivity contribution is 5.81. The zero-order valence-corrected chi connectivity index (χ0v) is 21.4. The minimum Gasteiger partial charge on any atom is -0.367 e. The van der Waals surface area contributed by atoms with E-state index < -0.39 is 0 Å². The molecule has 5 rings (SSSR count). The summed E-state index contributed by atoms with van der Waals surface area (Å²) in [5, 5.41) is 4.32. The summed E-state index contributed by atoms with van der Waals surface area (Å²) >= 11 is 0. The Morgan fingerprint density at radius 3 is 2.64 bits per heavy atom. The highest BCUT2D eigenvalue weighted by Gasteiger charge is 2.21. The fourth-order valence-corrected chi connectivity index (χ4v) is 5.15.